The van der Waals surface area contributed by atoms with Crippen molar-refractivity contribution in [1.82, 2.24) is 10.6 Å². The first-order valence-corrected chi connectivity index (χ1v) is 18.0. The van der Waals surface area contributed by atoms with E-state index in [1.54, 1.807) is 42.5 Å². The number of carbonyl (C=O) groups is 5. The molecular formula is C38H44F3N3O6S. The van der Waals surface area contributed by atoms with Crippen LogP contribution in [-0.2, 0) is 25.6 Å². The molecule has 0 saturated carbocycles. The van der Waals surface area contributed by atoms with Crippen molar-refractivity contribution in [3.05, 3.63) is 96.1 Å². The van der Waals surface area contributed by atoms with E-state index in [1.807, 2.05) is 48.7 Å². The number of thioether (sulfide) groups is 1. The van der Waals surface area contributed by atoms with Gasteiger partial charge in [0.25, 0.3) is 0 Å². The fraction of sp³-hybridized carbons (Fsp3) is 0.395. The predicted molar refractivity (Wildman–Crippen MR) is 191 cm³/mol. The molecule has 9 nitrogen and oxygen atoms in total. The fourth-order valence-corrected chi connectivity index (χ4v) is 6.01. The molecule has 3 amide bonds. The molecule has 0 aliphatic heterocycles. The van der Waals surface area contributed by atoms with Gasteiger partial charge in [0.2, 0.25) is 17.7 Å². The van der Waals surface area contributed by atoms with E-state index >= 15 is 0 Å². The highest BCUT2D eigenvalue weighted by Crippen LogP contribution is 2.25. The van der Waals surface area contributed by atoms with Crippen molar-refractivity contribution >= 4 is 41.0 Å². The number of nitrogens with one attached hydrogen (secondary N) is 2. The van der Waals surface area contributed by atoms with Crippen LogP contribution in [0.2, 0.25) is 0 Å². The molecule has 5 N–H and O–H groups in total. The zero-order chi connectivity index (χ0) is 37.6. The van der Waals surface area contributed by atoms with E-state index in [0.717, 1.165) is 11.1 Å². The van der Waals surface area contributed by atoms with Gasteiger partial charge >= 0.3 is 6.18 Å². The first-order valence-electron chi connectivity index (χ1n) is 16.6. The Balaban J connectivity index is 1.75. The topological polar surface area (TPSA) is 156 Å². The number of rotatable bonds is 20. The van der Waals surface area contributed by atoms with Crippen LogP contribution in [0.25, 0.3) is 11.1 Å². The summed E-state index contributed by atoms with van der Waals surface area (Å²) in [6.45, 7) is 1.34. The van der Waals surface area contributed by atoms with E-state index in [0.29, 0.717) is 23.3 Å². The van der Waals surface area contributed by atoms with Crippen LogP contribution < -0.4 is 16.4 Å². The third-order valence-electron chi connectivity index (χ3n) is 8.48. The van der Waals surface area contributed by atoms with Gasteiger partial charge in [-0.15, -0.1) is 0 Å². The summed E-state index contributed by atoms with van der Waals surface area (Å²) < 4.78 is 39.9. The molecule has 5 atom stereocenters. The van der Waals surface area contributed by atoms with Crippen molar-refractivity contribution < 1.29 is 42.3 Å². The number of hydrogen-bond donors (Lipinski definition) is 4. The second-order valence-corrected chi connectivity index (χ2v) is 13.5. The van der Waals surface area contributed by atoms with E-state index in [9.17, 15) is 42.3 Å². The van der Waals surface area contributed by atoms with Crippen LogP contribution in [0.3, 0.4) is 0 Å². The summed E-state index contributed by atoms with van der Waals surface area (Å²) in [6, 6.07) is 22.6. The van der Waals surface area contributed by atoms with Gasteiger partial charge in [-0.3, -0.25) is 24.0 Å². The molecule has 2 unspecified atom stereocenters. The second-order valence-electron chi connectivity index (χ2n) is 12.5. The van der Waals surface area contributed by atoms with Gasteiger partial charge in [0.05, 0.1) is 12.1 Å². The average molecular weight is 728 g/mol. The lowest BCUT2D eigenvalue weighted by molar-refractivity contribution is -0.213. The molecule has 0 aliphatic rings. The first-order chi connectivity index (χ1) is 24.2. The predicted octanol–water partition coefficient (Wildman–Crippen LogP) is 5.29. The lowest BCUT2D eigenvalue weighted by atomic mass is 9.91. The average Bonchev–Trinajstić information content (AvgIpc) is 3.11. The van der Waals surface area contributed by atoms with Gasteiger partial charge in [-0.1, -0.05) is 91.9 Å². The molecule has 0 radical (unpaired) electrons. The molecule has 0 saturated heterocycles. The summed E-state index contributed by atoms with van der Waals surface area (Å²) in [5.41, 5.74) is 8.15. The van der Waals surface area contributed by atoms with E-state index < -0.39 is 79.0 Å². The first kappa shape index (κ1) is 40.9. The molecule has 3 aromatic carbocycles. The minimum absolute atomic E-state index is 0.0674. The molecule has 3 rings (SSSR count). The molecule has 3 aromatic rings. The van der Waals surface area contributed by atoms with Crippen LogP contribution in [0.15, 0.2) is 84.9 Å². The number of primary amides is 1. The zero-order valence-electron chi connectivity index (χ0n) is 28.5. The Morgan fingerprint density at radius 3 is 1.96 bits per heavy atom. The third-order valence-corrected chi connectivity index (χ3v) is 9.12. The highest BCUT2D eigenvalue weighted by atomic mass is 32.2. The van der Waals surface area contributed by atoms with Gasteiger partial charge in [0.15, 0.2) is 17.7 Å². The molecule has 0 fully saturated rings. The number of hydrogen-bond acceptors (Lipinski definition) is 7. The van der Waals surface area contributed by atoms with Gasteiger partial charge in [-0.05, 0) is 48.0 Å². The Hall–Kier alpha value is -4.49. The van der Waals surface area contributed by atoms with Crippen LogP contribution in [0, 0.1) is 11.8 Å². The van der Waals surface area contributed by atoms with E-state index in [1.165, 1.54) is 18.7 Å². The molecule has 0 aliphatic carbocycles. The molecular weight excluding hydrogens is 683 g/mol. The van der Waals surface area contributed by atoms with Crippen molar-refractivity contribution in [1.29, 1.82) is 0 Å². The fourth-order valence-electron chi connectivity index (χ4n) is 5.49. The Kier molecular flexibility index (Phi) is 15.9. The van der Waals surface area contributed by atoms with Crippen molar-refractivity contribution in [2.24, 2.45) is 17.6 Å². The molecule has 0 aromatic heterocycles. The maximum Gasteiger partial charge on any atom is 0.416 e. The minimum atomic E-state index is -5.08. The summed E-state index contributed by atoms with van der Waals surface area (Å²) in [5.74, 6) is -4.50. The molecule has 51 heavy (non-hydrogen) atoms. The lowest BCUT2D eigenvalue weighted by Gasteiger charge is -2.27. The maximum absolute atomic E-state index is 13.7. The molecule has 274 valence electrons. The SMILES string of the molecule is CSCC[C@@H](CC(=O)c1ccc(-c2ccccc2)cc1)C(=O)N[C@H](Cc1ccccc1)C(=O)C[C@@H](C)C(=O)NC(CCC(N)=O)C(O)C(F)(F)F. The molecule has 13 heteroatoms. The summed E-state index contributed by atoms with van der Waals surface area (Å²) >= 11 is 1.51. The molecule has 0 heterocycles. The van der Waals surface area contributed by atoms with E-state index in [-0.39, 0.29) is 18.6 Å². The number of Topliss-reactive ketones (excluding diaryl/α,β-unsaturated/α-hetero) is 2. The Morgan fingerprint density at radius 2 is 1.39 bits per heavy atom. The van der Waals surface area contributed by atoms with Crippen LogP contribution >= 0.6 is 11.8 Å². The normalized spacial score (nSPS) is 14.4. The van der Waals surface area contributed by atoms with Crippen LogP contribution in [0.4, 0.5) is 13.2 Å². The Morgan fingerprint density at radius 1 is 0.804 bits per heavy atom. The Labute approximate surface area is 300 Å². The standard InChI is InChI=1S/C38H44F3N3O6S/c1-24(36(49)43-30(17-18-34(42)47)35(48)38(39,40)41)21-33(46)31(22-25-9-5-3-6-10-25)44-37(50)29(19-20-51-2)23-32(45)28-15-13-27(14-16-28)26-11-7-4-8-12-26/h3-16,24,29-31,35,48H,17-23H2,1-2H3,(H2,42,47)(H,43,49)(H,44,50)/t24-,29+,30?,31-,35?/m1/s1. The largest absolute Gasteiger partial charge is 0.416 e. The van der Waals surface area contributed by atoms with E-state index in [2.05, 4.69) is 10.6 Å². The molecule has 0 bridgehead atoms. The van der Waals surface area contributed by atoms with Gasteiger partial charge in [0.1, 0.15) is 0 Å². The number of carbonyl (C=O) groups excluding carboxylic acids is 5. The summed E-state index contributed by atoms with van der Waals surface area (Å²) in [7, 11) is 0. The quantitative estimate of drug-likeness (QED) is 0.115. The number of aliphatic hydroxyl groups is 1. The smallest absolute Gasteiger partial charge is 0.382 e. The molecule has 0 spiro atoms. The van der Waals surface area contributed by atoms with E-state index in [4.69, 9.17) is 5.73 Å². The second kappa shape index (κ2) is 19.8. The lowest BCUT2D eigenvalue weighted by Crippen LogP contribution is -2.52. The van der Waals surface area contributed by atoms with Gasteiger partial charge in [-0.25, -0.2) is 0 Å². The highest BCUT2D eigenvalue weighted by molar-refractivity contribution is 7.98. The van der Waals surface area contributed by atoms with Crippen LogP contribution in [0.5, 0.6) is 0 Å². The minimum Gasteiger partial charge on any atom is -0.382 e. The number of ketones is 2. The van der Waals surface area contributed by atoms with Crippen molar-refractivity contribution in [3.8, 4) is 11.1 Å². The number of alkyl halides is 3. The zero-order valence-corrected chi connectivity index (χ0v) is 29.3. The number of benzene rings is 3. The number of amides is 3. The monoisotopic (exact) mass is 727 g/mol. The number of aliphatic hydroxyl groups excluding tert-OH is 1. The van der Waals surface area contributed by atoms with Crippen molar-refractivity contribution in [3.63, 3.8) is 0 Å². The van der Waals surface area contributed by atoms with Gasteiger partial charge in [0, 0.05) is 36.7 Å². The highest BCUT2D eigenvalue weighted by Gasteiger charge is 2.44. The number of nitrogens with two attached hydrogens (primary N) is 1. The van der Waals surface area contributed by atoms with Gasteiger partial charge in [-0.2, -0.15) is 24.9 Å². The van der Waals surface area contributed by atoms with Crippen molar-refractivity contribution in [2.75, 3.05) is 12.0 Å². The summed E-state index contributed by atoms with van der Waals surface area (Å²) in [5, 5.41) is 14.7. The van der Waals surface area contributed by atoms with Crippen LogP contribution in [-0.4, -0.2) is 70.8 Å². The summed E-state index contributed by atoms with van der Waals surface area (Å²) in [6.07, 6.45) is -7.38. The number of halogens is 3. The van der Waals surface area contributed by atoms with Crippen molar-refractivity contribution in [2.45, 2.75) is 69.8 Å². The Bertz CT molecular complexity index is 1610. The maximum atomic E-state index is 13.7. The van der Waals surface area contributed by atoms with Crippen LogP contribution in [0.1, 0.15) is 54.9 Å². The van der Waals surface area contributed by atoms with Gasteiger partial charge < -0.3 is 21.5 Å². The third kappa shape index (κ3) is 13.3. The summed E-state index contributed by atoms with van der Waals surface area (Å²) in [4.78, 5) is 64.9.